The molecule has 0 atom stereocenters. The Hall–Kier alpha value is -2.77. The second-order valence-electron chi connectivity index (χ2n) is 3.09. The summed E-state index contributed by atoms with van der Waals surface area (Å²) in [5.74, 6) is 0.143. The van der Waals surface area contributed by atoms with Gasteiger partial charge in [-0.1, -0.05) is 12.1 Å². The van der Waals surface area contributed by atoms with Gasteiger partial charge in [-0.2, -0.15) is 0 Å². The van der Waals surface area contributed by atoms with Gasteiger partial charge in [-0.05, 0) is 12.1 Å². The Labute approximate surface area is 95.5 Å². The highest BCUT2D eigenvalue weighted by atomic mass is 16.7. The summed E-state index contributed by atoms with van der Waals surface area (Å²) >= 11 is 0. The van der Waals surface area contributed by atoms with E-state index < -0.39 is 5.03 Å². The number of nitrogens with zero attached hydrogens (tertiary/aromatic N) is 5. The number of hydrogen-bond acceptors (Lipinski definition) is 6. The molecule has 0 aliphatic heterocycles. The van der Waals surface area contributed by atoms with Crippen LogP contribution in [-0.2, 0) is 0 Å². The van der Waals surface area contributed by atoms with Crippen molar-refractivity contribution in [2.75, 3.05) is 5.73 Å². The zero-order valence-electron chi connectivity index (χ0n) is 8.59. The third-order valence-electron chi connectivity index (χ3n) is 1.93. The lowest BCUT2D eigenvalue weighted by Gasteiger charge is -1.94. The summed E-state index contributed by atoms with van der Waals surface area (Å²) in [5.41, 5.74) is 6.62. The van der Waals surface area contributed by atoms with Crippen LogP contribution in [0.4, 0.5) is 17.2 Å². The van der Waals surface area contributed by atoms with E-state index in [-0.39, 0.29) is 5.82 Å². The fourth-order valence-electron chi connectivity index (χ4n) is 1.13. The van der Waals surface area contributed by atoms with Gasteiger partial charge in [-0.3, -0.25) is 0 Å². The summed E-state index contributed by atoms with van der Waals surface area (Å²) in [5, 5.41) is 20.9. The van der Waals surface area contributed by atoms with Crippen LogP contribution in [0, 0.1) is 10.1 Å². The van der Waals surface area contributed by atoms with Crippen molar-refractivity contribution in [3.05, 3.63) is 46.6 Å². The van der Waals surface area contributed by atoms with E-state index in [1.807, 2.05) is 0 Å². The van der Waals surface area contributed by atoms with Gasteiger partial charge < -0.3 is 15.8 Å². The number of nitrogens with two attached hydrogens (primary N) is 1. The fraction of sp³-hybridized carbons (Fsp3) is 0. The Morgan fingerprint density at radius 3 is 2.71 bits per heavy atom. The molecule has 0 amide bonds. The monoisotopic (exact) mass is 232 g/mol. The molecular formula is C9H8N6O2. The van der Waals surface area contributed by atoms with Crippen molar-refractivity contribution in [3.63, 3.8) is 0 Å². The number of azo groups is 1. The number of benzene rings is 1. The van der Waals surface area contributed by atoms with Gasteiger partial charge in [0.25, 0.3) is 0 Å². The Morgan fingerprint density at radius 2 is 2.06 bits per heavy atom. The predicted octanol–water partition coefficient (Wildman–Crippen LogP) is 1.92. The minimum Gasteiger partial charge on any atom is -0.397 e. The topological polar surface area (TPSA) is 112 Å². The van der Waals surface area contributed by atoms with E-state index >= 15 is 0 Å². The van der Waals surface area contributed by atoms with Crippen molar-refractivity contribution < 1.29 is 5.03 Å². The Morgan fingerprint density at radius 1 is 1.29 bits per heavy atom. The van der Waals surface area contributed by atoms with Crippen molar-refractivity contribution in [1.29, 1.82) is 0 Å². The molecule has 0 aliphatic rings. The van der Waals surface area contributed by atoms with E-state index in [0.717, 1.165) is 0 Å². The van der Waals surface area contributed by atoms with Gasteiger partial charge in [0.05, 0.1) is 15.8 Å². The Kier molecular flexibility index (Phi) is 2.77. The lowest BCUT2D eigenvalue weighted by atomic mass is 10.3. The zero-order valence-corrected chi connectivity index (χ0v) is 8.59. The fourth-order valence-corrected chi connectivity index (χ4v) is 1.13. The summed E-state index contributed by atoms with van der Waals surface area (Å²) < 4.78 is 0. The lowest BCUT2D eigenvalue weighted by Crippen LogP contribution is -2.07. The molecule has 8 nitrogen and oxygen atoms in total. The molecule has 8 heteroatoms. The van der Waals surface area contributed by atoms with Crippen LogP contribution in [0.15, 0.2) is 46.8 Å². The lowest BCUT2D eigenvalue weighted by molar-refractivity contribution is -0.552. The average Bonchev–Trinajstić information content (AvgIpc) is 2.77. The molecule has 0 radical (unpaired) electrons. The smallest absolute Gasteiger partial charge is 0.312 e. The summed E-state index contributed by atoms with van der Waals surface area (Å²) in [7, 11) is 0. The van der Waals surface area contributed by atoms with Gasteiger partial charge in [-0.25, -0.2) is 0 Å². The van der Waals surface area contributed by atoms with Crippen LogP contribution in [-0.4, -0.2) is 14.9 Å². The first kappa shape index (κ1) is 10.7. The summed E-state index contributed by atoms with van der Waals surface area (Å²) in [6.45, 7) is 0. The SMILES string of the molecule is Nc1ccccc1/N=N/c1ccn([N+](=O)[O-])n1. The molecule has 86 valence electrons. The van der Waals surface area contributed by atoms with Crippen molar-refractivity contribution in [2.45, 2.75) is 0 Å². The van der Waals surface area contributed by atoms with E-state index in [9.17, 15) is 10.1 Å². The molecule has 2 rings (SSSR count). The molecular weight excluding hydrogens is 224 g/mol. The standard InChI is InChI=1S/C9H8N6O2/c10-7-3-1-2-4-8(7)11-12-9-5-6-14(13-9)15(16)17/h1-6H,10H2/b12-11+. The maximum atomic E-state index is 10.4. The van der Waals surface area contributed by atoms with Crippen LogP contribution in [0.2, 0.25) is 0 Å². The molecule has 2 N–H and O–H groups in total. The minimum atomic E-state index is -0.671. The molecule has 0 saturated carbocycles. The Balaban J connectivity index is 2.20. The minimum absolute atomic E-state index is 0.143. The van der Waals surface area contributed by atoms with Crippen LogP contribution in [0.25, 0.3) is 0 Å². The van der Waals surface area contributed by atoms with Gasteiger partial charge in [0.1, 0.15) is 11.9 Å². The molecule has 0 saturated heterocycles. The third-order valence-corrected chi connectivity index (χ3v) is 1.93. The quantitative estimate of drug-likeness (QED) is 0.377. The molecule has 0 unspecified atom stereocenters. The number of rotatable bonds is 3. The number of nitro groups is 1. The van der Waals surface area contributed by atoms with Crippen LogP contribution in [0.1, 0.15) is 0 Å². The number of hydrogen-bond donors (Lipinski definition) is 1. The molecule has 2 aromatic rings. The maximum absolute atomic E-state index is 10.4. The maximum Gasteiger partial charge on any atom is 0.312 e. The second kappa shape index (κ2) is 4.39. The van der Waals surface area contributed by atoms with E-state index in [1.165, 1.54) is 12.3 Å². The number of aromatic nitrogens is 2. The highest BCUT2D eigenvalue weighted by molar-refractivity contribution is 5.61. The molecule has 0 bridgehead atoms. The van der Waals surface area contributed by atoms with Crippen LogP contribution < -0.4 is 5.73 Å². The van der Waals surface area contributed by atoms with Crippen molar-refractivity contribution in [1.82, 2.24) is 9.89 Å². The summed E-state index contributed by atoms with van der Waals surface area (Å²) in [6, 6.07) is 8.29. The van der Waals surface area contributed by atoms with Crippen LogP contribution >= 0.6 is 0 Å². The first-order valence-electron chi connectivity index (χ1n) is 4.63. The number of anilines is 1. The first-order chi connectivity index (χ1) is 8.16. The molecule has 0 aliphatic carbocycles. The number of nitrogen functional groups attached to an aromatic ring is 1. The molecule has 1 aromatic carbocycles. The van der Waals surface area contributed by atoms with Gasteiger partial charge in [0.2, 0.25) is 0 Å². The largest absolute Gasteiger partial charge is 0.397 e. The van der Waals surface area contributed by atoms with Crippen molar-refractivity contribution in [3.8, 4) is 0 Å². The van der Waals surface area contributed by atoms with Crippen LogP contribution in [0.5, 0.6) is 0 Å². The van der Waals surface area contributed by atoms with E-state index in [4.69, 9.17) is 5.73 Å². The molecule has 1 heterocycles. The normalized spacial score (nSPS) is 10.8. The average molecular weight is 232 g/mol. The van der Waals surface area contributed by atoms with E-state index in [2.05, 4.69) is 15.3 Å². The predicted molar refractivity (Wildman–Crippen MR) is 59.6 cm³/mol. The third kappa shape index (κ3) is 2.43. The zero-order chi connectivity index (χ0) is 12.3. The van der Waals surface area contributed by atoms with Gasteiger partial charge in [0.15, 0.2) is 0 Å². The highest BCUT2D eigenvalue weighted by Crippen LogP contribution is 2.22. The van der Waals surface area contributed by atoms with Gasteiger partial charge in [0, 0.05) is 10.9 Å². The summed E-state index contributed by atoms with van der Waals surface area (Å²) in [4.78, 5) is 10.9. The van der Waals surface area contributed by atoms with Gasteiger partial charge >= 0.3 is 5.82 Å². The van der Waals surface area contributed by atoms with Crippen molar-refractivity contribution >= 4 is 17.2 Å². The first-order valence-corrected chi connectivity index (χ1v) is 4.63. The van der Waals surface area contributed by atoms with Crippen LogP contribution in [0.3, 0.4) is 0 Å². The van der Waals surface area contributed by atoms with E-state index in [1.54, 1.807) is 24.3 Å². The highest BCUT2D eigenvalue weighted by Gasteiger charge is 2.07. The van der Waals surface area contributed by atoms with Gasteiger partial charge in [-0.15, -0.1) is 10.2 Å². The molecule has 0 fully saturated rings. The number of para-hydroxylation sites is 1. The Bertz CT molecular complexity index is 576. The van der Waals surface area contributed by atoms with E-state index in [0.29, 0.717) is 16.2 Å². The molecule has 17 heavy (non-hydrogen) atoms. The molecule has 0 spiro atoms. The molecule has 1 aromatic heterocycles. The summed E-state index contributed by atoms with van der Waals surface area (Å²) in [6.07, 6.45) is 1.18. The second-order valence-corrected chi connectivity index (χ2v) is 3.09. The van der Waals surface area contributed by atoms with Crippen molar-refractivity contribution in [2.24, 2.45) is 10.2 Å².